The Morgan fingerprint density at radius 3 is 1.38 bits per heavy atom. The number of aryl methyl sites for hydroxylation is 1. The van der Waals surface area contributed by atoms with Crippen LogP contribution in [0, 0.1) is 23.7 Å². The van der Waals surface area contributed by atoms with E-state index in [0.717, 1.165) is 22.3 Å². The summed E-state index contributed by atoms with van der Waals surface area (Å²) in [6.45, 7) is 0. The molecule has 0 bridgehead atoms. The van der Waals surface area contributed by atoms with Gasteiger partial charge in [0.1, 0.15) is 7.05 Å². The number of aromatic nitrogens is 1. The van der Waals surface area contributed by atoms with Gasteiger partial charge < -0.3 is 24.0 Å². The number of hydrogen-bond donors (Lipinski definition) is 0. The van der Waals surface area contributed by atoms with Gasteiger partial charge in [0.15, 0.2) is 12.4 Å². The Kier molecular flexibility index (Phi) is 6.61. The first-order valence-electron chi connectivity index (χ1n) is 7.44. The minimum absolute atomic E-state index is 0. The predicted molar refractivity (Wildman–Crippen MR) is 92.5 cm³/mol. The first-order valence-corrected chi connectivity index (χ1v) is 7.44. The Bertz CT molecular complexity index is 848. The Morgan fingerprint density at radius 1 is 0.583 bits per heavy atom. The highest BCUT2D eigenvalue weighted by atomic mass is 127. The molecule has 0 aliphatic carbocycles. The van der Waals surface area contributed by atoms with E-state index in [2.05, 4.69) is 23.7 Å². The minimum Gasteiger partial charge on any atom is -1.00 e. The van der Waals surface area contributed by atoms with E-state index in [1.807, 2.05) is 90.7 Å². The molecule has 0 spiro atoms. The first kappa shape index (κ1) is 17.8. The van der Waals surface area contributed by atoms with Crippen LogP contribution in [0.15, 0.2) is 79.1 Å². The second-order valence-electron chi connectivity index (χ2n) is 5.21. The number of halogens is 1. The zero-order valence-corrected chi connectivity index (χ0v) is 15.5. The van der Waals surface area contributed by atoms with Gasteiger partial charge in [-0.3, -0.25) is 0 Å². The summed E-state index contributed by atoms with van der Waals surface area (Å²) in [5.74, 6) is 12.8. The molecule has 1 nitrogen and oxygen atoms in total. The largest absolute Gasteiger partial charge is 1.00 e. The predicted octanol–water partition coefficient (Wildman–Crippen LogP) is 0.315. The molecule has 1 aromatic heterocycles. The molecule has 0 atom stereocenters. The summed E-state index contributed by atoms with van der Waals surface area (Å²) in [6.07, 6.45) is 4.01. The lowest BCUT2D eigenvalue weighted by Crippen LogP contribution is -3.00. The average molecular weight is 421 g/mol. The van der Waals surface area contributed by atoms with Gasteiger partial charge in [-0.2, -0.15) is 0 Å². The van der Waals surface area contributed by atoms with Gasteiger partial charge >= 0.3 is 0 Å². The van der Waals surface area contributed by atoms with Crippen molar-refractivity contribution in [1.29, 1.82) is 0 Å². The highest BCUT2D eigenvalue weighted by Crippen LogP contribution is 2.02. The molecule has 116 valence electrons. The second kappa shape index (κ2) is 8.91. The smallest absolute Gasteiger partial charge is 0.184 e. The minimum atomic E-state index is 0. The number of pyridine rings is 1. The lowest BCUT2D eigenvalue weighted by atomic mass is 10.1. The van der Waals surface area contributed by atoms with E-state index in [4.69, 9.17) is 0 Å². The van der Waals surface area contributed by atoms with Crippen LogP contribution in [0.5, 0.6) is 0 Å². The molecular weight excluding hydrogens is 405 g/mol. The van der Waals surface area contributed by atoms with Crippen LogP contribution < -0.4 is 28.5 Å². The molecule has 3 aromatic rings. The zero-order valence-electron chi connectivity index (χ0n) is 13.3. The summed E-state index contributed by atoms with van der Waals surface area (Å²) in [5.41, 5.74) is 3.93. The Labute approximate surface area is 160 Å². The first-order chi connectivity index (χ1) is 11.3. The second-order valence-corrected chi connectivity index (χ2v) is 5.21. The van der Waals surface area contributed by atoms with Crippen LogP contribution in [0.25, 0.3) is 0 Å². The Hall–Kier alpha value is -2.56. The molecule has 0 unspecified atom stereocenters. The zero-order chi connectivity index (χ0) is 15.9. The fraction of sp³-hybridized carbons (Fsp3) is 0.0455. The van der Waals surface area contributed by atoms with Crippen molar-refractivity contribution in [3.8, 4) is 23.7 Å². The third-order valence-corrected chi connectivity index (χ3v) is 3.25. The number of nitrogens with zero attached hydrogens (tertiary/aromatic N) is 1. The summed E-state index contributed by atoms with van der Waals surface area (Å²) in [5, 5.41) is 0. The van der Waals surface area contributed by atoms with Crippen molar-refractivity contribution in [2.75, 3.05) is 0 Å². The van der Waals surface area contributed by atoms with Gasteiger partial charge in [-0.25, -0.2) is 4.57 Å². The number of hydrogen-bond acceptors (Lipinski definition) is 0. The monoisotopic (exact) mass is 421 g/mol. The van der Waals surface area contributed by atoms with E-state index < -0.39 is 0 Å². The quantitative estimate of drug-likeness (QED) is 0.280. The summed E-state index contributed by atoms with van der Waals surface area (Å²) in [6, 6.07) is 22.0. The van der Waals surface area contributed by atoms with Gasteiger partial charge in [0, 0.05) is 11.1 Å². The topological polar surface area (TPSA) is 3.88 Å². The SMILES string of the molecule is C[n+]1cc(C#Cc2ccccc2)cc(C#Cc2ccccc2)c1.[I-]. The molecule has 0 aliphatic heterocycles. The Morgan fingerprint density at radius 2 is 0.958 bits per heavy atom. The van der Waals surface area contributed by atoms with Crippen LogP contribution >= 0.6 is 0 Å². The number of rotatable bonds is 0. The molecule has 1 heterocycles. The molecule has 0 radical (unpaired) electrons. The molecule has 0 amide bonds. The van der Waals surface area contributed by atoms with Crippen LogP contribution in [0.3, 0.4) is 0 Å². The fourth-order valence-electron chi connectivity index (χ4n) is 2.19. The van der Waals surface area contributed by atoms with E-state index in [1.54, 1.807) is 0 Å². The van der Waals surface area contributed by atoms with Crippen LogP contribution in [0.4, 0.5) is 0 Å². The van der Waals surface area contributed by atoms with E-state index in [9.17, 15) is 0 Å². The van der Waals surface area contributed by atoms with Crippen molar-refractivity contribution in [2.24, 2.45) is 7.05 Å². The molecule has 2 heteroatoms. The van der Waals surface area contributed by atoms with E-state index in [0.29, 0.717) is 0 Å². The molecule has 0 saturated carbocycles. The van der Waals surface area contributed by atoms with Crippen LogP contribution in [0.2, 0.25) is 0 Å². The lowest BCUT2D eigenvalue weighted by Gasteiger charge is -1.93. The van der Waals surface area contributed by atoms with Crippen molar-refractivity contribution >= 4 is 0 Å². The molecule has 0 aliphatic rings. The van der Waals surface area contributed by atoms with Gasteiger partial charge in [0.2, 0.25) is 0 Å². The van der Waals surface area contributed by atoms with Crippen molar-refractivity contribution in [1.82, 2.24) is 0 Å². The van der Waals surface area contributed by atoms with Crippen molar-refractivity contribution < 1.29 is 28.5 Å². The molecule has 3 rings (SSSR count). The van der Waals surface area contributed by atoms with E-state index >= 15 is 0 Å². The fourth-order valence-corrected chi connectivity index (χ4v) is 2.19. The van der Waals surface area contributed by atoms with Crippen LogP contribution in [-0.4, -0.2) is 0 Å². The molecule has 2 aromatic carbocycles. The van der Waals surface area contributed by atoms with E-state index in [1.165, 1.54) is 0 Å². The highest BCUT2D eigenvalue weighted by Gasteiger charge is 2.00. The summed E-state index contributed by atoms with van der Waals surface area (Å²) in [7, 11) is 1.99. The van der Waals surface area contributed by atoms with Crippen LogP contribution in [-0.2, 0) is 7.05 Å². The van der Waals surface area contributed by atoms with Crippen molar-refractivity contribution in [3.05, 3.63) is 101 Å². The number of benzene rings is 2. The highest BCUT2D eigenvalue weighted by molar-refractivity contribution is 5.46. The third kappa shape index (κ3) is 5.26. The van der Waals surface area contributed by atoms with Gasteiger partial charge in [0.05, 0.1) is 11.1 Å². The van der Waals surface area contributed by atoms with Crippen LogP contribution in [0.1, 0.15) is 22.3 Å². The molecule has 24 heavy (non-hydrogen) atoms. The van der Waals surface area contributed by atoms with Gasteiger partial charge in [-0.1, -0.05) is 60.1 Å². The van der Waals surface area contributed by atoms with Gasteiger partial charge in [-0.05, 0) is 30.3 Å². The normalized spacial score (nSPS) is 8.88. The molecule has 0 fully saturated rings. The molecule has 0 saturated heterocycles. The maximum absolute atomic E-state index is 3.20. The van der Waals surface area contributed by atoms with Gasteiger partial charge in [0.25, 0.3) is 0 Å². The maximum Gasteiger partial charge on any atom is 0.184 e. The summed E-state index contributed by atoms with van der Waals surface area (Å²) >= 11 is 0. The Balaban J connectivity index is 0.00000208. The average Bonchev–Trinajstić information content (AvgIpc) is 2.60. The van der Waals surface area contributed by atoms with Crippen molar-refractivity contribution in [3.63, 3.8) is 0 Å². The summed E-state index contributed by atoms with van der Waals surface area (Å²) < 4.78 is 1.99. The standard InChI is InChI=1S/C22H16N.HI/c1-23-17-21(14-12-19-8-4-2-5-9-19)16-22(18-23)15-13-20-10-6-3-7-11-20;/h2-11,16-18H,1H3;1H/q+1;/p-1. The lowest BCUT2D eigenvalue weighted by molar-refractivity contribution is -0.671. The molecule has 0 N–H and O–H groups in total. The third-order valence-electron chi connectivity index (χ3n) is 3.25. The van der Waals surface area contributed by atoms with Crippen molar-refractivity contribution in [2.45, 2.75) is 0 Å². The maximum atomic E-state index is 3.20. The summed E-state index contributed by atoms with van der Waals surface area (Å²) in [4.78, 5) is 0. The van der Waals surface area contributed by atoms with E-state index in [-0.39, 0.29) is 24.0 Å². The van der Waals surface area contributed by atoms with Gasteiger partial charge in [-0.15, -0.1) is 0 Å². The molecular formula is C22H16IN.